The Morgan fingerprint density at radius 3 is 2.88 bits per heavy atom. The van der Waals surface area contributed by atoms with Crippen molar-refractivity contribution in [3.05, 3.63) is 23.9 Å². The predicted molar refractivity (Wildman–Crippen MR) is 65.5 cm³/mol. The lowest BCUT2D eigenvalue weighted by molar-refractivity contribution is 0.199. The van der Waals surface area contributed by atoms with Crippen molar-refractivity contribution in [1.82, 2.24) is 4.98 Å². The van der Waals surface area contributed by atoms with Crippen LogP contribution in [-0.2, 0) is 0 Å². The van der Waals surface area contributed by atoms with Crippen LogP contribution in [0.15, 0.2) is 18.3 Å². The summed E-state index contributed by atoms with van der Waals surface area (Å²) in [7, 11) is 2.06. The monoisotopic (exact) mass is 220 g/mol. The van der Waals surface area contributed by atoms with Crippen LogP contribution in [0.2, 0.25) is 0 Å². The van der Waals surface area contributed by atoms with Gasteiger partial charge in [0.25, 0.3) is 0 Å². The molecule has 1 aliphatic carbocycles. The second-order valence-electron chi connectivity index (χ2n) is 4.77. The Morgan fingerprint density at radius 2 is 2.31 bits per heavy atom. The Balaban J connectivity index is 2.11. The second kappa shape index (κ2) is 4.83. The molecule has 0 radical (unpaired) electrons. The summed E-state index contributed by atoms with van der Waals surface area (Å²) in [6, 6.07) is 3.83. The molecule has 1 N–H and O–H groups in total. The van der Waals surface area contributed by atoms with Crippen molar-refractivity contribution < 1.29 is 5.11 Å². The third-order valence-electron chi connectivity index (χ3n) is 3.39. The third kappa shape index (κ3) is 2.35. The van der Waals surface area contributed by atoms with Gasteiger partial charge in [-0.15, -0.1) is 0 Å². The van der Waals surface area contributed by atoms with Crippen molar-refractivity contribution in [2.45, 2.75) is 32.3 Å². The maximum Gasteiger partial charge on any atom is 0.134 e. The van der Waals surface area contributed by atoms with E-state index >= 15 is 0 Å². The van der Waals surface area contributed by atoms with Gasteiger partial charge in [0.05, 0.1) is 6.10 Å². The highest BCUT2D eigenvalue weighted by Crippen LogP contribution is 2.29. The highest BCUT2D eigenvalue weighted by Gasteiger charge is 2.21. The van der Waals surface area contributed by atoms with Gasteiger partial charge in [-0.25, -0.2) is 4.98 Å². The van der Waals surface area contributed by atoms with Gasteiger partial charge in [-0.1, -0.05) is 12.5 Å². The van der Waals surface area contributed by atoms with E-state index in [0.29, 0.717) is 0 Å². The Bertz CT molecular complexity index is 348. The van der Waals surface area contributed by atoms with E-state index in [-0.39, 0.29) is 0 Å². The van der Waals surface area contributed by atoms with E-state index in [9.17, 15) is 5.11 Å². The number of aliphatic hydroxyl groups excluding tert-OH is 1. The summed E-state index contributed by atoms with van der Waals surface area (Å²) in [5.41, 5.74) is 0.921. The first-order valence-corrected chi connectivity index (χ1v) is 6.02. The maximum absolute atomic E-state index is 9.69. The molecule has 0 aliphatic heterocycles. The van der Waals surface area contributed by atoms with E-state index in [2.05, 4.69) is 16.9 Å². The van der Waals surface area contributed by atoms with Crippen LogP contribution in [0.3, 0.4) is 0 Å². The molecule has 3 heteroatoms. The van der Waals surface area contributed by atoms with E-state index in [4.69, 9.17) is 0 Å². The lowest BCUT2D eigenvalue weighted by atomic mass is 9.85. The normalized spacial score (nSPS) is 17.9. The molecule has 1 fully saturated rings. The smallest absolute Gasteiger partial charge is 0.134 e. The summed E-state index contributed by atoms with van der Waals surface area (Å²) >= 11 is 0. The molecular formula is C13H20N2O. The molecule has 0 spiro atoms. The molecule has 0 amide bonds. The van der Waals surface area contributed by atoms with Gasteiger partial charge in [-0.2, -0.15) is 0 Å². The standard InChI is InChI=1S/C13H20N2O/c1-10(16)12-7-4-8-14-13(12)15(2)9-11-5-3-6-11/h4,7-8,10-11,16H,3,5-6,9H2,1-2H3/t10-/m1/s1. The fourth-order valence-corrected chi connectivity index (χ4v) is 2.20. The van der Waals surface area contributed by atoms with Crippen LogP contribution < -0.4 is 4.90 Å². The molecule has 1 aliphatic rings. The van der Waals surface area contributed by atoms with E-state index in [1.54, 1.807) is 13.1 Å². The van der Waals surface area contributed by atoms with E-state index < -0.39 is 6.10 Å². The molecule has 16 heavy (non-hydrogen) atoms. The minimum absolute atomic E-state index is 0.451. The first-order chi connectivity index (χ1) is 7.68. The van der Waals surface area contributed by atoms with Crippen LogP contribution in [0.5, 0.6) is 0 Å². The highest BCUT2D eigenvalue weighted by molar-refractivity contribution is 5.47. The van der Waals surface area contributed by atoms with Crippen LogP contribution in [0.25, 0.3) is 0 Å². The minimum atomic E-state index is -0.451. The predicted octanol–water partition coefficient (Wildman–Crippen LogP) is 2.37. The summed E-state index contributed by atoms with van der Waals surface area (Å²) in [5.74, 6) is 1.73. The minimum Gasteiger partial charge on any atom is -0.389 e. The van der Waals surface area contributed by atoms with Gasteiger partial charge in [0.1, 0.15) is 5.82 Å². The number of aromatic nitrogens is 1. The fourth-order valence-electron chi connectivity index (χ4n) is 2.20. The molecule has 1 saturated carbocycles. The molecule has 1 aromatic rings. The van der Waals surface area contributed by atoms with Gasteiger partial charge in [0.2, 0.25) is 0 Å². The van der Waals surface area contributed by atoms with Crippen molar-refractivity contribution >= 4 is 5.82 Å². The number of pyridine rings is 1. The SMILES string of the molecule is C[C@@H](O)c1cccnc1N(C)CC1CCC1. The van der Waals surface area contributed by atoms with Gasteiger partial charge in [0.15, 0.2) is 0 Å². The first kappa shape index (κ1) is 11.4. The second-order valence-corrected chi connectivity index (χ2v) is 4.77. The number of nitrogens with zero attached hydrogens (tertiary/aromatic N) is 2. The van der Waals surface area contributed by atoms with E-state index in [1.165, 1.54) is 19.3 Å². The zero-order valence-electron chi connectivity index (χ0n) is 10.1. The van der Waals surface area contributed by atoms with Gasteiger partial charge >= 0.3 is 0 Å². The number of hydrogen-bond donors (Lipinski definition) is 1. The maximum atomic E-state index is 9.69. The fraction of sp³-hybridized carbons (Fsp3) is 0.615. The van der Waals surface area contributed by atoms with Gasteiger partial charge < -0.3 is 10.0 Å². The Kier molecular flexibility index (Phi) is 3.44. The van der Waals surface area contributed by atoms with Crippen molar-refractivity contribution in [2.75, 3.05) is 18.5 Å². The van der Waals surface area contributed by atoms with Crippen LogP contribution >= 0.6 is 0 Å². The number of hydrogen-bond acceptors (Lipinski definition) is 3. The zero-order chi connectivity index (χ0) is 11.5. The molecule has 0 aromatic carbocycles. The Labute approximate surface area is 97.1 Å². The largest absolute Gasteiger partial charge is 0.389 e. The number of aliphatic hydroxyl groups is 1. The molecule has 1 aromatic heterocycles. The number of rotatable bonds is 4. The molecule has 0 unspecified atom stereocenters. The third-order valence-corrected chi connectivity index (χ3v) is 3.39. The Morgan fingerprint density at radius 1 is 1.56 bits per heavy atom. The summed E-state index contributed by atoms with van der Waals surface area (Å²) < 4.78 is 0. The van der Waals surface area contributed by atoms with Crippen LogP contribution in [0, 0.1) is 5.92 Å². The average Bonchev–Trinajstić information content (AvgIpc) is 2.23. The van der Waals surface area contributed by atoms with Gasteiger partial charge in [-0.3, -0.25) is 0 Å². The summed E-state index contributed by atoms with van der Waals surface area (Å²) in [6.07, 6.45) is 5.37. The molecule has 3 nitrogen and oxygen atoms in total. The molecular weight excluding hydrogens is 200 g/mol. The Hall–Kier alpha value is -1.09. The van der Waals surface area contributed by atoms with Crippen LogP contribution in [0.4, 0.5) is 5.82 Å². The topological polar surface area (TPSA) is 36.4 Å². The highest BCUT2D eigenvalue weighted by atomic mass is 16.3. The van der Waals surface area contributed by atoms with Gasteiger partial charge in [0, 0.05) is 25.4 Å². The van der Waals surface area contributed by atoms with E-state index in [1.807, 2.05) is 12.1 Å². The molecule has 0 bridgehead atoms. The zero-order valence-corrected chi connectivity index (χ0v) is 10.1. The molecule has 1 atom stereocenters. The molecule has 1 heterocycles. The molecule has 0 saturated heterocycles. The van der Waals surface area contributed by atoms with Crippen molar-refractivity contribution in [3.63, 3.8) is 0 Å². The lowest BCUT2D eigenvalue weighted by Crippen LogP contribution is -2.30. The average molecular weight is 220 g/mol. The van der Waals surface area contributed by atoms with Crippen LogP contribution in [0.1, 0.15) is 37.9 Å². The first-order valence-electron chi connectivity index (χ1n) is 6.02. The van der Waals surface area contributed by atoms with Gasteiger partial charge in [-0.05, 0) is 31.7 Å². The molecule has 88 valence electrons. The van der Waals surface area contributed by atoms with Crippen molar-refractivity contribution in [1.29, 1.82) is 0 Å². The summed E-state index contributed by atoms with van der Waals surface area (Å²) in [4.78, 5) is 6.55. The number of anilines is 1. The quantitative estimate of drug-likeness (QED) is 0.846. The van der Waals surface area contributed by atoms with E-state index in [0.717, 1.165) is 23.8 Å². The van der Waals surface area contributed by atoms with Crippen molar-refractivity contribution in [2.24, 2.45) is 5.92 Å². The summed E-state index contributed by atoms with van der Waals surface area (Å²) in [6.45, 7) is 2.84. The molecule has 2 rings (SSSR count). The lowest BCUT2D eigenvalue weighted by Gasteiger charge is -2.31. The van der Waals surface area contributed by atoms with Crippen molar-refractivity contribution in [3.8, 4) is 0 Å². The van der Waals surface area contributed by atoms with Crippen LogP contribution in [-0.4, -0.2) is 23.7 Å². The summed E-state index contributed by atoms with van der Waals surface area (Å²) in [5, 5.41) is 9.69.